The number of hydrogen-bond acceptors (Lipinski definition) is 9. The molecule has 0 radical (unpaired) electrons. The average Bonchev–Trinajstić information content (AvgIpc) is 1.20. The van der Waals surface area contributed by atoms with E-state index in [0.717, 1.165) is 123 Å². The Morgan fingerprint density at radius 1 is 0.145 bits per heavy atom. The molecule has 0 saturated heterocycles. The number of aromatic nitrogens is 6. The first-order chi connectivity index (χ1) is 57.9. The van der Waals surface area contributed by atoms with E-state index >= 15 is 0 Å². The maximum atomic E-state index is 5.27. The molecule has 548 valence electrons. The summed E-state index contributed by atoms with van der Waals surface area (Å²) in [7, 11) is 0. The van der Waals surface area contributed by atoms with Gasteiger partial charge in [0.05, 0.1) is 44.8 Å². The van der Waals surface area contributed by atoms with Crippen LogP contribution in [0, 0.1) is 0 Å². The molecule has 6 nitrogen and oxygen atoms in total. The minimum Gasteiger partial charge on any atom is -0.244 e. The van der Waals surface area contributed by atoms with Crippen LogP contribution < -0.4 is 0 Å². The van der Waals surface area contributed by atoms with E-state index in [4.69, 9.17) is 29.9 Å². The Balaban J connectivity index is 0.000000110. The van der Waals surface area contributed by atoms with E-state index in [1.807, 2.05) is 107 Å². The first-order valence-corrected chi connectivity index (χ1v) is 41.6. The van der Waals surface area contributed by atoms with Gasteiger partial charge >= 0.3 is 0 Å². The molecule has 6 aromatic heterocycles. The second kappa shape index (κ2) is 30.7. The third-order valence-electron chi connectivity index (χ3n) is 21.9. The van der Waals surface area contributed by atoms with Gasteiger partial charge in [0.2, 0.25) is 0 Å². The molecule has 117 heavy (non-hydrogen) atoms. The largest absolute Gasteiger partial charge is 0.244 e. The number of hydrogen-bond donors (Lipinski definition) is 0. The Kier molecular flexibility index (Phi) is 18.5. The number of fused-ring (bicyclic) bond motifs is 12. The van der Waals surface area contributed by atoms with Crippen molar-refractivity contribution in [2.75, 3.05) is 0 Å². The predicted molar refractivity (Wildman–Crippen MR) is 497 cm³/mol. The smallest absolute Gasteiger partial charge is 0.160 e. The lowest BCUT2D eigenvalue weighted by Gasteiger charge is -2.13. The molecule has 17 aromatic carbocycles. The summed E-state index contributed by atoms with van der Waals surface area (Å²) in [5.41, 5.74) is 25.5. The Morgan fingerprint density at radius 3 is 0.906 bits per heavy atom. The lowest BCUT2D eigenvalue weighted by molar-refractivity contribution is 1.23. The van der Waals surface area contributed by atoms with Crippen LogP contribution in [0.1, 0.15) is 0 Å². The minimum atomic E-state index is 0.740. The van der Waals surface area contributed by atoms with Gasteiger partial charge in [0.1, 0.15) is 0 Å². The first-order valence-electron chi connectivity index (χ1n) is 39.2. The van der Waals surface area contributed by atoms with E-state index in [-0.39, 0.29) is 0 Å². The van der Waals surface area contributed by atoms with Crippen LogP contribution in [-0.4, -0.2) is 29.9 Å². The zero-order chi connectivity index (χ0) is 77.5. The molecule has 0 bridgehead atoms. The van der Waals surface area contributed by atoms with Gasteiger partial charge in [0.15, 0.2) is 11.6 Å². The fraction of sp³-hybridized carbons (Fsp3) is 0. The van der Waals surface area contributed by atoms with E-state index in [9.17, 15) is 0 Å². The number of para-hydroxylation sites is 1. The molecule has 0 unspecified atom stereocenters. The van der Waals surface area contributed by atoms with E-state index in [1.165, 1.54) is 93.9 Å². The predicted octanol–water partition coefficient (Wildman–Crippen LogP) is 30.3. The summed E-state index contributed by atoms with van der Waals surface area (Å²) in [6.07, 6.45) is 0. The minimum absolute atomic E-state index is 0.740. The molecule has 0 amide bonds. The van der Waals surface area contributed by atoms with Crippen LogP contribution in [0.25, 0.3) is 217 Å². The highest BCUT2D eigenvalue weighted by Crippen LogP contribution is 2.43. The molecule has 0 saturated carbocycles. The summed E-state index contributed by atoms with van der Waals surface area (Å²) < 4.78 is 7.96. The SMILES string of the molecule is c1ccc(-c2nc(-c3ccccc3)c3cc(-c4ccc(-c5ccc6sc7ccccc7c6c5)cc4)ccc3n2)cc1.c1ccc(-c2nc(-c3ccccc3)c3ccc(-c4ccc5sc6ccccc6c5c4)cc3n2)cc1.c1ccc(-c2nc3cccc(-c4ccc(-c5ccc6sc7ccccc7c6c5)cc4)c3nc2-c2ccccc2)cc1. The number of rotatable bonds is 11. The summed E-state index contributed by atoms with van der Waals surface area (Å²) in [5, 5.41) is 10.0. The maximum absolute atomic E-state index is 5.27. The monoisotopic (exact) mass is 1540 g/mol. The Morgan fingerprint density at radius 2 is 0.462 bits per heavy atom. The topological polar surface area (TPSA) is 77.3 Å². The molecule has 23 rings (SSSR count). The molecule has 0 spiro atoms. The number of nitrogens with zero attached hydrogens (tertiary/aromatic N) is 6. The quantitative estimate of drug-likeness (QED) is 0.128. The Labute approximate surface area is 688 Å². The zero-order valence-electron chi connectivity index (χ0n) is 63.2. The third kappa shape index (κ3) is 13.8. The molecular formula is C108H68N6S3. The van der Waals surface area contributed by atoms with Crippen LogP contribution in [0.5, 0.6) is 0 Å². The van der Waals surface area contributed by atoms with Crippen LogP contribution in [-0.2, 0) is 0 Å². The van der Waals surface area contributed by atoms with E-state index < -0.39 is 0 Å². The van der Waals surface area contributed by atoms with Crippen molar-refractivity contribution in [1.29, 1.82) is 0 Å². The molecule has 0 aliphatic carbocycles. The van der Waals surface area contributed by atoms with Crippen molar-refractivity contribution in [3.05, 3.63) is 413 Å². The lowest BCUT2D eigenvalue weighted by Crippen LogP contribution is -1.97. The highest BCUT2D eigenvalue weighted by molar-refractivity contribution is 7.26. The van der Waals surface area contributed by atoms with Crippen LogP contribution in [0.15, 0.2) is 413 Å². The van der Waals surface area contributed by atoms with Gasteiger partial charge in [-0.15, -0.1) is 34.0 Å². The van der Waals surface area contributed by atoms with Gasteiger partial charge < -0.3 is 0 Å². The van der Waals surface area contributed by atoms with Crippen LogP contribution >= 0.6 is 34.0 Å². The zero-order valence-corrected chi connectivity index (χ0v) is 65.6. The summed E-state index contributed by atoms with van der Waals surface area (Å²) in [6, 6.07) is 145. The van der Waals surface area contributed by atoms with E-state index in [0.29, 0.717) is 0 Å². The van der Waals surface area contributed by atoms with Gasteiger partial charge in [-0.25, -0.2) is 29.9 Å². The molecule has 0 N–H and O–H groups in total. The molecule has 0 aliphatic heterocycles. The van der Waals surface area contributed by atoms with Crippen molar-refractivity contribution >= 4 is 127 Å². The van der Waals surface area contributed by atoms with Crippen molar-refractivity contribution in [1.82, 2.24) is 29.9 Å². The lowest BCUT2D eigenvalue weighted by atomic mass is 9.97. The summed E-state index contributed by atoms with van der Waals surface area (Å²) in [4.78, 5) is 30.5. The van der Waals surface area contributed by atoms with Crippen molar-refractivity contribution in [3.63, 3.8) is 0 Å². The summed E-state index contributed by atoms with van der Waals surface area (Å²) in [6.45, 7) is 0. The van der Waals surface area contributed by atoms with Gasteiger partial charge in [-0.2, -0.15) is 0 Å². The van der Waals surface area contributed by atoms with Crippen LogP contribution in [0.4, 0.5) is 0 Å². The van der Waals surface area contributed by atoms with E-state index in [1.54, 1.807) is 0 Å². The fourth-order valence-corrected chi connectivity index (χ4v) is 19.3. The molecular weight excluding hydrogens is 1480 g/mol. The van der Waals surface area contributed by atoms with Crippen molar-refractivity contribution < 1.29 is 0 Å². The second-order valence-corrected chi connectivity index (χ2v) is 32.4. The molecule has 6 heterocycles. The highest BCUT2D eigenvalue weighted by Gasteiger charge is 2.20. The van der Waals surface area contributed by atoms with Crippen molar-refractivity contribution in [3.8, 4) is 123 Å². The van der Waals surface area contributed by atoms with Gasteiger partial charge in [-0.05, 0) is 135 Å². The van der Waals surface area contributed by atoms with Crippen molar-refractivity contribution in [2.24, 2.45) is 0 Å². The maximum Gasteiger partial charge on any atom is 0.160 e. The second-order valence-electron chi connectivity index (χ2n) is 29.1. The average molecular weight is 1550 g/mol. The van der Waals surface area contributed by atoms with Gasteiger partial charge in [-0.1, -0.05) is 328 Å². The molecule has 0 aliphatic rings. The highest BCUT2D eigenvalue weighted by atomic mass is 32.1. The number of thiophene rings is 3. The normalized spacial score (nSPS) is 11.4. The van der Waals surface area contributed by atoms with Crippen LogP contribution in [0.3, 0.4) is 0 Å². The van der Waals surface area contributed by atoms with Gasteiger partial charge in [0.25, 0.3) is 0 Å². The summed E-state index contributed by atoms with van der Waals surface area (Å²) >= 11 is 5.55. The Bertz CT molecular complexity index is 7650. The molecule has 0 atom stereocenters. The fourth-order valence-electron chi connectivity index (χ4n) is 16.0. The molecule has 9 heteroatoms. The first kappa shape index (κ1) is 70.3. The Hall–Kier alpha value is -14.6. The molecule has 23 aromatic rings. The van der Waals surface area contributed by atoms with Gasteiger partial charge in [0, 0.05) is 110 Å². The summed E-state index contributed by atoms with van der Waals surface area (Å²) in [5.74, 6) is 1.48. The van der Waals surface area contributed by atoms with Crippen LogP contribution in [0.2, 0.25) is 0 Å². The number of benzene rings is 17. The van der Waals surface area contributed by atoms with Gasteiger partial charge in [-0.3, -0.25) is 0 Å². The van der Waals surface area contributed by atoms with Crippen molar-refractivity contribution in [2.45, 2.75) is 0 Å². The van der Waals surface area contributed by atoms with E-state index in [2.05, 4.69) is 340 Å². The standard InChI is InChI=1S/2C38H24N2S.C32H20N2S/c1-3-10-27(11-4-1)36-37(28-12-5-2-6-13-28)40-38-30(15-9-16-33(38)39-36)26-20-18-25(19-21-26)29-22-23-35-32(24-29)31-14-7-8-17-34(31)41-35;1-3-9-27(10-4-1)37-33-24-29(19-21-34(33)39-38(40-37)28-11-5-2-6-12-28)25-15-17-26(18-16-25)30-20-22-36-32(23-30)31-13-7-8-14-35(31)41-36;1-3-9-21(10-4-1)31-26-17-15-24(20-28(26)33-32(34-31)22-11-5-2-6-12-22)23-16-18-30-27(19-23)25-13-7-8-14-29(25)35-30/h2*1-24H;1-20H. The third-order valence-corrected chi connectivity index (χ3v) is 25.3. The molecule has 0 fully saturated rings.